The number of aryl methyl sites for hydroxylation is 2. The lowest BCUT2D eigenvalue weighted by atomic mass is 10.1. The number of rotatable bonds is 4. The fourth-order valence-corrected chi connectivity index (χ4v) is 3.06. The van der Waals surface area contributed by atoms with Gasteiger partial charge in [-0.25, -0.2) is 0 Å². The molecule has 0 radical (unpaired) electrons. The van der Waals surface area contributed by atoms with E-state index in [1.165, 1.54) is 5.56 Å². The number of pyridine rings is 1. The molecular formula is C20H19N5O. The van der Waals surface area contributed by atoms with Crippen LogP contribution in [0.2, 0.25) is 0 Å². The lowest BCUT2D eigenvalue weighted by Crippen LogP contribution is -2.12. The van der Waals surface area contributed by atoms with Crippen molar-refractivity contribution in [2.24, 2.45) is 0 Å². The average Bonchev–Trinajstić information content (AvgIpc) is 3.20. The second-order valence-electron chi connectivity index (χ2n) is 6.34. The highest BCUT2D eigenvalue weighted by atomic mass is 16.1. The predicted molar refractivity (Wildman–Crippen MR) is 101 cm³/mol. The molecule has 0 saturated heterocycles. The van der Waals surface area contributed by atoms with Crippen LogP contribution in [0.25, 0.3) is 10.9 Å². The number of nitrogens with one attached hydrogen (secondary N) is 2. The summed E-state index contributed by atoms with van der Waals surface area (Å²) in [5.41, 5.74) is 5.50. The fraction of sp³-hybridized carbons (Fsp3) is 0.150. The molecule has 4 aromatic rings. The Morgan fingerprint density at radius 1 is 1.19 bits per heavy atom. The molecule has 2 N–H and O–H groups in total. The summed E-state index contributed by atoms with van der Waals surface area (Å²) in [5.74, 6) is -0.152. The van der Waals surface area contributed by atoms with E-state index in [1.54, 1.807) is 23.3 Å². The zero-order chi connectivity index (χ0) is 18.1. The van der Waals surface area contributed by atoms with Crippen molar-refractivity contribution in [3.8, 4) is 0 Å². The number of hydrogen-bond donors (Lipinski definition) is 2. The first kappa shape index (κ1) is 16.1. The summed E-state index contributed by atoms with van der Waals surface area (Å²) in [4.78, 5) is 20.1. The molecular weight excluding hydrogens is 326 g/mol. The van der Waals surface area contributed by atoms with E-state index >= 15 is 0 Å². The van der Waals surface area contributed by atoms with E-state index in [9.17, 15) is 4.79 Å². The van der Waals surface area contributed by atoms with Crippen LogP contribution in [0.15, 0.2) is 55.1 Å². The van der Waals surface area contributed by atoms with Crippen molar-refractivity contribution in [2.45, 2.75) is 20.4 Å². The fourth-order valence-electron chi connectivity index (χ4n) is 3.06. The molecule has 0 aliphatic carbocycles. The van der Waals surface area contributed by atoms with Gasteiger partial charge in [-0.3, -0.25) is 14.5 Å². The van der Waals surface area contributed by atoms with Crippen LogP contribution in [0.1, 0.15) is 27.2 Å². The highest BCUT2D eigenvalue weighted by Gasteiger charge is 2.14. The maximum atomic E-state index is 12.7. The van der Waals surface area contributed by atoms with Crippen molar-refractivity contribution < 1.29 is 4.79 Å². The molecule has 0 aliphatic rings. The van der Waals surface area contributed by atoms with Gasteiger partial charge in [-0.2, -0.15) is 5.10 Å². The summed E-state index contributed by atoms with van der Waals surface area (Å²) in [7, 11) is 0. The van der Waals surface area contributed by atoms with Gasteiger partial charge in [-0.1, -0.05) is 12.1 Å². The summed E-state index contributed by atoms with van der Waals surface area (Å²) < 4.78 is 1.79. The minimum atomic E-state index is -0.152. The van der Waals surface area contributed by atoms with Gasteiger partial charge in [0.25, 0.3) is 5.91 Å². The molecule has 1 aromatic carbocycles. The summed E-state index contributed by atoms with van der Waals surface area (Å²) in [6, 6.07) is 9.64. The standard InChI is InChI=1S/C20H19N5O/c1-13-14(2)23-19-17(13)4-3-5-18(19)20(26)24-16-10-22-25(12-16)11-15-6-8-21-9-7-15/h3-10,12,23H,11H2,1-2H3,(H,24,26). The smallest absolute Gasteiger partial charge is 0.257 e. The normalized spacial score (nSPS) is 11.0. The molecule has 0 spiro atoms. The number of fused-ring (bicyclic) bond motifs is 1. The number of amides is 1. The van der Waals surface area contributed by atoms with Crippen molar-refractivity contribution in [3.63, 3.8) is 0 Å². The molecule has 0 atom stereocenters. The number of aromatic amines is 1. The Balaban J connectivity index is 1.55. The molecule has 3 aromatic heterocycles. The van der Waals surface area contributed by atoms with Crippen molar-refractivity contribution in [1.29, 1.82) is 0 Å². The van der Waals surface area contributed by atoms with Crippen LogP contribution in [0.4, 0.5) is 5.69 Å². The summed E-state index contributed by atoms with van der Waals surface area (Å²) in [6.07, 6.45) is 6.99. The van der Waals surface area contributed by atoms with Gasteiger partial charge in [0.1, 0.15) is 0 Å². The summed E-state index contributed by atoms with van der Waals surface area (Å²) in [6.45, 7) is 4.70. The highest BCUT2D eigenvalue weighted by molar-refractivity contribution is 6.12. The van der Waals surface area contributed by atoms with Crippen molar-refractivity contribution in [2.75, 3.05) is 5.32 Å². The number of para-hydroxylation sites is 1. The van der Waals surface area contributed by atoms with Crippen LogP contribution in [-0.2, 0) is 6.54 Å². The zero-order valence-electron chi connectivity index (χ0n) is 14.7. The number of carbonyl (C=O) groups is 1. The Bertz CT molecular complexity index is 1080. The molecule has 3 heterocycles. The van der Waals surface area contributed by atoms with E-state index in [1.807, 2.05) is 43.5 Å². The molecule has 0 unspecified atom stereocenters. The third-order valence-corrected chi connectivity index (χ3v) is 4.57. The predicted octanol–water partition coefficient (Wildman–Crippen LogP) is 3.68. The number of benzene rings is 1. The van der Waals surface area contributed by atoms with Gasteiger partial charge in [0, 0.05) is 29.7 Å². The van der Waals surface area contributed by atoms with Crippen LogP contribution in [0, 0.1) is 13.8 Å². The van der Waals surface area contributed by atoms with Crippen LogP contribution < -0.4 is 5.32 Å². The van der Waals surface area contributed by atoms with E-state index in [4.69, 9.17) is 0 Å². The Morgan fingerprint density at radius 2 is 2.00 bits per heavy atom. The molecule has 0 saturated carbocycles. The minimum absolute atomic E-state index is 0.152. The first-order chi connectivity index (χ1) is 12.6. The lowest BCUT2D eigenvalue weighted by molar-refractivity contribution is 0.102. The first-order valence-corrected chi connectivity index (χ1v) is 8.42. The Kier molecular flexibility index (Phi) is 4.01. The van der Waals surface area contributed by atoms with Gasteiger partial charge in [-0.05, 0) is 43.2 Å². The van der Waals surface area contributed by atoms with Gasteiger partial charge >= 0.3 is 0 Å². The van der Waals surface area contributed by atoms with E-state index in [-0.39, 0.29) is 5.91 Å². The number of aromatic nitrogens is 4. The second-order valence-corrected chi connectivity index (χ2v) is 6.34. The van der Waals surface area contributed by atoms with Gasteiger partial charge in [0.2, 0.25) is 0 Å². The van der Waals surface area contributed by atoms with Gasteiger partial charge in [-0.15, -0.1) is 0 Å². The number of nitrogens with zero attached hydrogens (tertiary/aromatic N) is 3. The topological polar surface area (TPSA) is 75.6 Å². The maximum Gasteiger partial charge on any atom is 0.257 e. The van der Waals surface area contributed by atoms with Crippen molar-refractivity contribution in [1.82, 2.24) is 19.7 Å². The van der Waals surface area contributed by atoms with Crippen molar-refractivity contribution in [3.05, 3.63) is 77.5 Å². The molecule has 0 bridgehead atoms. The highest BCUT2D eigenvalue weighted by Crippen LogP contribution is 2.24. The van der Waals surface area contributed by atoms with E-state index in [0.29, 0.717) is 17.8 Å². The molecule has 6 heteroatoms. The zero-order valence-corrected chi connectivity index (χ0v) is 14.7. The molecule has 1 amide bonds. The van der Waals surface area contributed by atoms with Gasteiger partial charge in [0.15, 0.2) is 0 Å². The first-order valence-electron chi connectivity index (χ1n) is 8.42. The molecule has 0 fully saturated rings. The van der Waals surface area contributed by atoms with Crippen LogP contribution >= 0.6 is 0 Å². The minimum Gasteiger partial charge on any atom is -0.358 e. The van der Waals surface area contributed by atoms with E-state index < -0.39 is 0 Å². The Morgan fingerprint density at radius 3 is 2.81 bits per heavy atom. The van der Waals surface area contributed by atoms with Crippen LogP contribution in [0.3, 0.4) is 0 Å². The quantitative estimate of drug-likeness (QED) is 0.592. The number of carbonyl (C=O) groups excluding carboxylic acids is 1. The molecule has 4 rings (SSSR count). The summed E-state index contributed by atoms with van der Waals surface area (Å²) >= 11 is 0. The average molecular weight is 345 g/mol. The van der Waals surface area contributed by atoms with E-state index in [0.717, 1.165) is 22.2 Å². The lowest BCUT2D eigenvalue weighted by Gasteiger charge is -2.04. The second kappa shape index (κ2) is 6.48. The molecule has 6 nitrogen and oxygen atoms in total. The molecule has 26 heavy (non-hydrogen) atoms. The Labute approximate surface area is 150 Å². The SMILES string of the molecule is Cc1[nH]c2c(C(=O)Nc3cnn(Cc4ccncc4)c3)cccc2c1C. The van der Waals surface area contributed by atoms with Crippen LogP contribution in [-0.4, -0.2) is 25.7 Å². The number of H-pyrrole nitrogens is 1. The maximum absolute atomic E-state index is 12.7. The van der Waals surface area contributed by atoms with Gasteiger partial charge < -0.3 is 10.3 Å². The number of hydrogen-bond acceptors (Lipinski definition) is 3. The molecule has 130 valence electrons. The third-order valence-electron chi connectivity index (χ3n) is 4.57. The van der Waals surface area contributed by atoms with Crippen LogP contribution in [0.5, 0.6) is 0 Å². The third kappa shape index (κ3) is 2.97. The van der Waals surface area contributed by atoms with Gasteiger partial charge in [0.05, 0.1) is 29.5 Å². The Hall–Kier alpha value is -3.41. The van der Waals surface area contributed by atoms with Crippen molar-refractivity contribution >= 4 is 22.5 Å². The van der Waals surface area contributed by atoms with E-state index in [2.05, 4.69) is 27.3 Å². The largest absolute Gasteiger partial charge is 0.358 e. The molecule has 0 aliphatic heterocycles. The number of anilines is 1. The monoisotopic (exact) mass is 345 g/mol. The summed E-state index contributed by atoms with van der Waals surface area (Å²) in [5, 5.41) is 8.32.